The van der Waals surface area contributed by atoms with E-state index in [9.17, 15) is 20.1 Å². The van der Waals surface area contributed by atoms with Gasteiger partial charge in [-0.15, -0.1) is 0 Å². The lowest BCUT2D eigenvalue weighted by atomic mass is 9.42. The topological polar surface area (TPSA) is 77.8 Å². The van der Waals surface area contributed by atoms with Crippen LogP contribution in [0, 0.1) is 46.3 Å². The number of rotatable bonds is 3. The standard InChI is InChI=1S/C26H42O4/c1-15(2)6-7-16(3)19-8-9-20-18-13-23(29)26(30)14-17(27)12-22(28)25(26,5)21(18)10-11-24(19,20)4/h6-7,15-22,27-28,30H,8-14H2,1-5H3/t16-,17+,18+,19-,20+,21+,22-,24-,25+,26+/m1/s1. The zero-order chi connectivity index (χ0) is 22.1. The normalized spacial score (nSPS) is 52.2. The van der Waals surface area contributed by atoms with Gasteiger partial charge in [0.15, 0.2) is 5.78 Å². The van der Waals surface area contributed by atoms with Crippen molar-refractivity contribution in [1.29, 1.82) is 0 Å². The molecule has 0 unspecified atom stereocenters. The summed E-state index contributed by atoms with van der Waals surface area (Å²) in [6.07, 6.45) is 8.20. The van der Waals surface area contributed by atoms with Gasteiger partial charge in [0.2, 0.25) is 0 Å². The summed E-state index contributed by atoms with van der Waals surface area (Å²) in [5.74, 6) is 2.41. The first kappa shape index (κ1) is 22.5. The molecule has 4 rings (SSSR count). The second-order valence-corrected chi connectivity index (χ2v) is 12.0. The minimum absolute atomic E-state index is 0.0736. The van der Waals surface area contributed by atoms with Crippen molar-refractivity contribution in [3.05, 3.63) is 12.2 Å². The molecule has 0 spiro atoms. The van der Waals surface area contributed by atoms with Gasteiger partial charge in [-0.05, 0) is 66.6 Å². The molecule has 0 saturated heterocycles. The van der Waals surface area contributed by atoms with Crippen LogP contribution in [0.25, 0.3) is 0 Å². The highest BCUT2D eigenvalue weighted by molar-refractivity contribution is 5.90. The van der Waals surface area contributed by atoms with Crippen LogP contribution >= 0.6 is 0 Å². The van der Waals surface area contributed by atoms with E-state index in [1.165, 1.54) is 6.42 Å². The van der Waals surface area contributed by atoms with E-state index in [1.54, 1.807) is 0 Å². The van der Waals surface area contributed by atoms with E-state index in [-0.39, 0.29) is 35.9 Å². The molecular formula is C26H42O4. The maximum Gasteiger partial charge on any atom is 0.165 e. The number of aliphatic hydroxyl groups excluding tert-OH is 2. The molecule has 4 saturated carbocycles. The Balaban J connectivity index is 1.65. The number of carbonyl (C=O) groups is 1. The first-order valence-corrected chi connectivity index (χ1v) is 12.2. The Morgan fingerprint density at radius 3 is 2.40 bits per heavy atom. The summed E-state index contributed by atoms with van der Waals surface area (Å²) in [4.78, 5) is 13.3. The molecule has 0 radical (unpaired) electrons. The summed E-state index contributed by atoms with van der Waals surface area (Å²) in [7, 11) is 0. The first-order chi connectivity index (χ1) is 13.9. The molecule has 0 aromatic rings. The average molecular weight is 419 g/mol. The van der Waals surface area contributed by atoms with E-state index in [1.807, 2.05) is 6.92 Å². The lowest BCUT2D eigenvalue weighted by Gasteiger charge is -2.64. The van der Waals surface area contributed by atoms with Crippen molar-refractivity contribution in [3.63, 3.8) is 0 Å². The molecular weight excluding hydrogens is 376 g/mol. The number of fused-ring (bicyclic) bond motifs is 5. The number of hydrogen-bond acceptors (Lipinski definition) is 4. The second kappa shape index (κ2) is 7.42. The summed E-state index contributed by atoms with van der Waals surface area (Å²) < 4.78 is 0. The van der Waals surface area contributed by atoms with Crippen LogP contribution in [0.2, 0.25) is 0 Å². The Kier molecular flexibility index (Phi) is 5.56. The van der Waals surface area contributed by atoms with Gasteiger partial charge < -0.3 is 15.3 Å². The Hall–Kier alpha value is -0.710. The van der Waals surface area contributed by atoms with E-state index >= 15 is 0 Å². The number of allylic oxidation sites excluding steroid dienone is 2. The zero-order valence-electron chi connectivity index (χ0n) is 19.5. The van der Waals surface area contributed by atoms with Crippen LogP contribution in [0.15, 0.2) is 12.2 Å². The lowest BCUT2D eigenvalue weighted by molar-refractivity contribution is -0.245. The van der Waals surface area contributed by atoms with Crippen molar-refractivity contribution < 1.29 is 20.1 Å². The molecule has 4 fully saturated rings. The fraction of sp³-hybridized carbons (Fsp3) is 0.885. The highest BCUT2D eigenvalue weighted by Gasteiger charge is 2.70. The molecule has 4 heteroatoms. The average Bonchev–Trinajstić information content (AvgIpc) is 3.01. The smallest absolute Gasteiger partial charge is 0.165 e. The zero-order valence-corrected chi connectivity index (χ0v) is 19.5. The maximum atomic E-state index is 13.3. The van der Waals surface area contributed by atoms with Crippen molar-refractivity contribution in [2.45, 2.75) is 97.4 Å². The van der Waals surface area contributed by atoms with Crippen LogP contribution < -0.4 is 0 Å². The van der Waals surface area contributed by atoms with Crippen molar-refractivity contribution >= 4 is 5.78 Å². The lowest BCUT2D eigenvalue weighted by Crippen LogP contribution is -2.71. The molecule has 0 aliphatic heterocycles. The van der Waals surface area contributed by atoms with Crippen LogP contribution in [-0.2, 0) is 4.79 Å². The summed E-state index contributed by atoms with van der Waals surface area (Å²) >= 11 is 0. The minimum Gasteiger partial charge on any atom is -0.393 e. The van der Waals surface area contributed by atoms with Crippen LogP contribution in [0.1, 0.15) is 79.6 Å². The molecule has 0 bridgehead atoms. The highest BCUT2D eigenvalue weighted by Crippen LogP contribution is 2.68. The van der Waals surface area contributed by atoms with Gasteiger partial charge in [-0.25, -0.2) is 0 Å². The summed E-state index contributed by atoms with van der Waals surface area (Å²) in [5.41, 5.74) is -2.23. The van der Waals surface area contributed by atoms with Crippen LogP contribution in [0.5, 0.6) is 0 Å². The second-order valence-electron chi connectivity index (χ2n) is 12.0. The van der Waals surface area contributed by atoms with Gasteiger partial charge in [0.1, 0.15) is 5.60 Å². The third-order valence-corrected chi connectivity index (χ3v) is 10.2. The highest BCUT2D eigenvalue weighted by atomic mass is 16.3. The predicted octanol–water partition coefficient (Wildman–Crippen LogP) is 4.12. The molecule has 4 aliphatic carbocycles. The van der Waals surface area contributed by atoms with Crippen LogP contribution in [0.4, 0.5) is 0 Å². The van der Waals surface area contributed by atoms with E-state index in [2.05, 4.69) is 39.8 Å². The van der Waals surface area contributed by atoms with Gasteiger partial charge in [-0.1, -0.05) is 46.8 Å². The fourth-order valence-electron chi connectivity index (χ4n) is 8.53. The molecule has 10 atom stereocenters. The van der Waals surface area contributed by atoms with Crippen molar-refractivity contribution in [2.75, 3.05) is 0 Å². The van der Waals surface area contributed by atoms with Gasteiger partial charge >= 0.3 is 0 Å². The molecule has 30 heavy (non-hydrogen) atoms. The van der Waals surface area contributed by atoms with Crippen LogP contribution in [-0.4, -0.2) is 38.9 Å². The van der Waals surface area contributed by atoms with E-state index in [0.717, 1.165) is 19.3 Å². The first-order valence-electron chi connectivity index (χ1n) is 12.2. The molecule has 0 aromatic heterocycles. The Morgan fingerprint density at radius 2 is 1.73 bits per heavy atom. The van der Waals surface area contributed by atoms with Gasteiger partial charge in [0.25, 0.3) is 0 Å². The molecule has 0 amide bonds. The Bertz CT molecular complexity index is 716. The number of hydrogen-bond donors (Lipinski definition) is 3. The van der Waals surface area contributed by atoms with E-state index in [0.29, 0.717) is 30.1 Å². The monoisotopic (exact) mass is 418 g/mol. The fourth-order valence-corrected chi connectivity index (χ4v) is 8.53. The maximum absolute atomic E-state index is 13.3. The number of ketones is 1. The van der Waals surface area contributed by atoms with Crippen molar-refractivity contribution in [1.82, 2.24) is 0 Å². The number of aliphatic hydroxyl groups is 3. The van der Waals surface area contributed by atoms with E-state index in [4.69, 9.17) is 0 Å². The third-order valence-electron chi connectivity index (χ3n) is 10.2. The number of carbonyl (C=O) groups excluding carboxylic acids is 1. The Morgan fingerprint density at radius 1 is 1.03 bits per heavy atom. The predicted molar refractivity (Wildman–Crippen MR) is 118 cm³/mol. The van der Waals surface area contributed by atoms with Crippen molar-refractivity contribution in [3.8, 4) is 0 Å². The molecule has 0 heterocycles. The van der Waals surface area contributed by atoms with Gasteiger partial charge in [0.05, 0.1) is 12.2 Å². The molecule has 4 nitrogen and oxygen atoms in total. The SMILES string of the molecule is CC(C)C=C[C@@H](C)[C@H]1CC[C@H]2[C@@H]3CC(=O)[C@@]4(O)C[C@@H](O)C[C@@H](O)[C@]4(C)[C@H]3CC[C@]12C. The van der Waals surface area contributed by atoms with E-state index < -0.39 is 23.2 Å². The van der Waals surface area contributed by atoms with Crippen molar-refractivity contribution in [2.24, 2.45) is 46.3 Å². The van der Waals surface area contributed by atoms with Gasteiger partial charge in [0, 0.05) is 24.7 Å². The summed E-state index contributed by atoms with van der Waals surface area (Å²) in [5, 5.41) is 32.7. The molecule has 0 aromatic carbocycles. The van der Waals surface area contributed by atoms with Gasteiger partial charge in [-0.2, -0.15) is 0 Å². The van der Waals surface area contributed by atoms with Gasteiger partial charge in [-0.3, -0.25) is 4.79 Å². The minimum atomic E-state index is -1.59. The van der Waals surface area contributed by atoms with Crippen LogP contribution in [0.3, 0.4) is 0 Å². The Labute approximate surface area is 182 Å². The largest absolute Gasteiger partial charge is 0.393 e. The third kappa shape index (κ3) is 3.00. The summed E-state index contributed by atoms with van der Waals surface area (Å²) in [6, 6.07) is 0. The molecule has 4 aliphatic rings. The summed E-state index contributed by atoms with van der Waals surface area (Å²) in [6.45, 7) is 11.2. The molecule has 170 valence electrons. The number of Topliss-reactive ketones (excluding diaryl/α,β-unsaturated/α-hetero) is 1. The molecule has 3 N–H and O–H groups in total. The quantitative estimate of drug-likeness (QED) is 0.603.